The van der Waals surface area contributed by atoms with Gasteiger partial charge in [0, 0.05) is 18.8 Å². The first-order valence-electron chi connectivity index (χ1n) is 5.77. The highest BCUT2D eigenvalue weighted by Gasteiger charge is 2.17. The smallest absolute Gasteiger partial charge is 0.348 e. The highest BCUT2D eigenvalue weighted by atomic mass is 16.5. The molecule has 0 N–H and O–H groups in total. The van der Waals surface area contributed by atoms with Gasteiger partial charge in [-0.25, -0.2) is 4.79 Å². The lowest BCUT2D eigenvalue weighted by Gasteiger charge is -2.16. The summed E-state index contributed by atoms with van der Waals surface area (Å²) in [5, 5.41) is 8.86. The molecule has 4 nitrogen and oxygen atoms in total. The Morgan fingerprint density at radius 1 is 1.56 bits per heavy atom. The second kappa shape index (κ2) is 5.37. The third kappa shape index (κ3) is 2.35. The normalized spacial score (nSPS) is 14.0. The number of hydrogen-bond donors (Lipinski definition) is 0. The van der Waals surface area contributed by atoms with Crippen molar-refractivity contribution < 1.29 is 9.53 Å². The van der Waals surface area contributed by atoms with Crippen molar-refractivity contribution >= 4 is 11.7 Å². The first kappa shape index (κ1) is 12.2. The molecule has 0 saturated carbocycles. The largest absolute Gasteiger partial charge is 0.465 e. The Labute approximate surface area is 106 Å². The molecule has 0 bridgehead atoms. The fraction of sp³-hybridized carbons (Fsp3) is 0.286. The van der Waals surface area contributed by atoms with E-state index in [0.29, 0.717) is 6.54 Å². The van der Waals surface area contributed by atoms with Gasteiger partial charge >= 0.3 is 5.97 Å². The summed E-state index contributed by atoms with van der Waals surface area (Å²) in [6.45, 7) is 1.46. The number of esters is 1. The Morgan fingerprint density at radius 2 is 2.33 bits per heavy atom. The fourth-order valence-electron chi connectivity index (χ4n) is 2.08. The van der Waals surface area contributed by atoms with Gasteiger partial charge in [-0.15, -0.1) is 0 Å². The lowest BCUT2D eigenvalue weighted by Crippen LogP contribution is -2.21. The molecule has 0 radical (unpaired) electrons. The summed E-state index contributed by atoms with van der Waals surface area (Å²) >= 11 is 0. The molecule has 0 spiro atoms. The van der Waals surface area contributed by atoms with Crippen molar-refractivity contribution in [3.8, 4) is 6.07 Å². The zero-order valence-corrected chi connectivity index (χ0v) is 10.2. The molecular formula is C14H14N2O2. The van der Waals surface area contributed by atoms with Gasteiger partial charge in [-0.1, -0.05) is 18.2 Å². The van der Waals surface area contributed by atoms with E-state index in [2.05, 4.69) is 21.8 Å². The molecule has 0 atom stereocenters. The number of hydrogen-bond acceptors (Lipinski definition) is 4. The van der Waals surface area contributed by atoms with Gasteiger partial charge in [-0.05, 0) is 24.1 Å². The summed E-state index contributed by atoms with van der Waals surface area (Å²) in [4.78, 5) is 13.4. The number of ether oxygens (including phenoxy) is 1. The number of nitriles is 1. The van der Waals surface area contributed by atoms with Crippen LogP contribution in [-0.4, -0.2) is 26.2 Å². The van der Waals surface area contributed by atoms with E-state index in [9.17, 15) is 4.79 Å². The maximum atomic E-state index is 11.3. The Hall–Kier alpha value is -2.28. The molecule has 1 aliphatic heterocycles. The van der Waals surface area contributed by atoms with Gasteiger partial charge in [0.2, 0.25) is 0 Å². The molecule has 1 aromatic carbocycles. The minimum absolute atomic E-state index is 0.0573. The second-order valence-corrected chi connectivity index (χ2v) is 4.05. The molecule has 0 aromatic heterocycles. The van der Waals surface area contributed by atoms with Crippen LogP contribution in [0.1, 0.15) is 5.56 Å². The van der Waals surface area contributed by atoms with Crippen LogP contribution in [-0.2, 0) is 16.0 Å². The maximum Gasteiger partial charge on any atom is 0.348 e. The Kier molecular flexibility index (Phi) is 3.63. The van der Waals surface area contributed by atoms with E-state index in [1.165, 1.54) is 18.4 Å². The molecule has 0 saturated heterocycles. The Balaban J connectivity index is 2.11. The molecule has 0 aliphatic carbocycles. The lowest BCUT2D eigenvalue weighted by molar-refractivity contribution is -0.135. The maximum absolute atomic E-state index is 11.3. The summed E-state index contributed by atoms with van der Waals surface area (Å²) < 4.78 is 4.54. The Morgan fingerprint density at radius 3 is 3.06 bits per heavy atom. The number of nitrogens with zero attached hydrogens (tertiary/aromatic N) is 2. The highest BCUT2D eigenvalue weighted by molar-refractivity contribution is 5.92. The molecule has 0 fully saturated rings. The van der Waals surface area contributed by atoms with Crippen LogP contribution in [0.4, 0.5) is 5.69 Å². The summed E-state index contributed by atoms with van der Waals surface area (Å²) in [7, 11) is 1.28. The summed E-state index contributed by atoms with van der Waals surface area (Å²) in [5.41, 5.74) is 2.54. The van der Waals surface area contributed by atoms with Crippen LogP contribution >= 0.6 is 0 Å². The van der Waals surface area contributed by atoms with Crippen molar-refractivity contribution in [3.63, 3.8) is 0 Å². The average Bonchev–Trinajstić information content (AvgIpc) is 2.82. The molecule has 1 aromatic rings. The number of rotatable bonds is 3. The molecular weight excluding hydrogens is 228 g/mol. The predicted molar refractivity (Wildman–Crippen MR) is 68.1 cm³/mol. The highest BCUT2D eigenvalue weighted by Crippen LogP contribution is 2.27. The van der Waals surface area contributed by atoms with Crippen LogP contribution in [0.25, 0.3) is 0 Å². The summed E-state index contributed by atoms with van der Waals surface area (Å²) in [6, 6.07) is 10.0. The van der Waals surface area contributed by atoms with E-state index in [1.54, 1.807) is 6.08 Å². The second-order valence-electron chi connectivity index (χ2n) is 4.05. The van der Waals surface area contributed by atoms with E-state index in [-0.39, 0.29) is 5.57 Å². The molecule has 0 unspecified atom stereocenters. The van der Waals surface area contributed by atoms with Crippen molar-refractivity contribution in [3.05, 3.63) is 41.5 Å². The average molecular weight is 242 g/mol. The fourth-order valence-corrected chi connectivity index (χ4v) is 2.08. The number of benzene rings is 1. The van der Waals surface area contributed by atoms with Gasteiger partial charge in [-0.2, -0.15) is 5.26 Å². The number of carbonyl (C=O) groups excluding carboxylic acids is 1. The van der Waals surface area contributed by atoms with Crippen LogP contribution in [0.5, 0.6) is 0 Å². The summed E-state index contributed by atoms with van der Waals surface area (Å²) in [5.74, 6) is -0.579. The van der Waals surface area contributed by atoms with E-state index < -0.39 is 5.97 Å². The van der Waals surface area contributed by atoms with Gasteiger partial charge in [0.1, 0.15) is 11.6 Å². The van der Waals surface area contributed by atoms with Crippen molar-refractivity contribution in [1.82, 2.24) is 0 Å². The van der Waals surface area contributed by atoms with Gasteiger partial charge in [-0.3, -0.25) is 0 Å². The number of para-hydroxylation sites is 1. The minimum atomic E-state index is -0.579. The van der Waals surface area contributed by atoms with Crippen LogP contribution in [0.15, 0.2) is 35.9 Å². The van der Waals surface area contributed by atoms with Gasteiger partial charge in [0.05, 0.1) is 7.11 Å². The molecule has 18 heavy (non-hydrogen) atoms. The van der Waals surface area contributed by atoms with Crippen molar-refractivity contribution in [1.29, 1.82) is 5.26 Å². The van der Waals surface area contributed by atoms with Crippen molar-refractivity contribution in [2.45, 2.75) is 6.42 Å². The first-order chi connectivity index (χ1) is 8.76. The predicted octanol–water partition coefficient (Wildman–Crippen LogP) is 1.67. The van der Waals surface area contributed by atoms with Crippen molar-refractivity contribution in [2.24, 2.45) is 0 Å². The third-order valence-corrected chi connectivity index (χ3v) is 3.02. The standard InChI is InChI=1S/C14H14N2O2/c1-18-14(17)12(10-15)7-9-16-8-6-11-4-2-3-5-13(11)16/h2-5,7H,6,8-9H2,1H3/b12-7+. The van der Waals surface area contributed by atoms with Crippen LogP contribution in [0, 0.1) is 11.3 Å². The van der Waals surface area contributed by atoms with Gasteiger partial charge in [0.15, 0.2) is 0 Å². The van der Waals surface area contributed by atoms with E-state index in [1.807, 2.05) is 18.2 Å². The molecule has 2 rings (SSSR count). The minimum Gasteiger partial charge on any atom is -0.465 e. The number of fused-ring (bicyclic) bond motifs is 1. The number of methoxy groups -OCH3 is 1. The molecule has 1 aliphatic rings. The number of anilines is 1. The number of carbonyl (C=O) groups is 1. The van der Waals surface area contributed by atoms with Crippen LogP contribution in [0.3, 0.4) is 0 Å². The SMILES string of the molecule is COC(=O)/C(C#N)=C/CN1CCc2ccccc21. The van der Waals surface area contributed by atoms with Crippen molar-refractivity contribution in [2.75, 3.05) is 25.1 Å². The molecule has 4 heteroatoms. The summed E-state index contributed by atoms with van der Waals surface area (Å²) in [6.07, 6.45) is 2.62. The zero-order chi connectivity index (χ0) is 13.0. The lowest BCUT2D eigenvalue weighted by atomic mass is 10.2. The van der Waals surface area contributed by atoms with E-state index in [4.69, 9.17) is 5.26 Å². The topological polar surface area (TPSA) is 53.3 Å². The Bertz CT molecular complexity index is 529. The van der Waals surface area contributed by atoms with Gasteiger partial charge < -0.3 is 9.64 Å². The van der Waals surface area contributed by atoms with Crippen LogP contribution < -0.4 is 4.90 Å². The first-order valence-corrected chi connectivity index (χ1v) is 5.77. The quantitative estimate of drug-likeness (QED) is 0.459. The zero-order valence-electron chi connectivity index (χ0n) is 10.2. The van der Waals surface area contributed by atoms with Crippen LogP contribution in [0.2, 0.25) is 0 Å². The molecule has 92 valence electrons. The monoisotopic (exact) mass is 242 g/mol. The van der Waals surface area contributed by atoms with E-state index in [0.717, 1.165) is 13.0 Å². The van der Waals surface area contributed by atoms with E-state index >= 15 is 0 Å². The molecule has 1 heterocycles. The molecule has 0 amide bonds. The third-order valence-electron chi connectivity index (χ3n) is 3.02. The van der Waals surface area contributed by atoms with Gasteiger partial charge in [0.25, 0.3) is 0 Å².